The third-order valence-electron chi connectivity index (χ3n) is 4.12. The molecule has 0 radical (unpaired) electrons. The summed E-state index contributed by atoms with van der Waals surface area (Å²) in [5.74, 6) is -0.0874. The molecule has 0 saturated carbocycles. The number of amides is 1. The smallest absolute Gasteiger partial charge is 0.220 e. The summed E-state index contributed by atoms with van der Waals surface area (Å²) in [5, 5.41) is 0. The van der Waals surface area contributed by atoms with Crippen molar-refractivity contribution >= 4 is 11.7 Å². The van der Waals surface area contributed by atoms with Crippen molar-refractivity contribution in [1.29, 1.82) is 0 Å². The van der Waals surface area contributed by atoms with Crippen molar-refractivity contribution in [2.45, 2.75) is 65.2 Å². The summed E-state index contributed by atoms with van der Waals surface area (Å²) in [6, 6.07) is 8.03. The number of hydrogen-bond acceptors (Lipinski definition) is 2. The van der Waals surface area contributed by atoms with Crippen LogP contribution < -0.4 is 5.73 Å². The van der Waals surface area contributed by atoms with Crippen molar-refractivity contribution in [2.24, 2.45) is 11.7 Å². The number of unbranched alkanes of at least 4 members (excludes halogenated alkanes) is 3. The molecular weight excluding hydrogens is 274 g/mol. The molecule has 1 rings (SSSR count). The maximum atomic E-state index is 12.1. The van der Waals surface area contributed by atoms with E-state index in [1.807, 2.05) is 19.1 Å². The number of carbonyl (C=O) groups is 2. The predicted octanol–water partition coefficient (Wildman–Crippen LogP) is 4.28. The lowest BCUT2D eigenvalue weighted by Crippen LogP contribution is -2.20. The van der Waals surface area contributed by atoms with E-state index in [0.29, 0.717) is 6.42 Å². The van der Waals surface area contributed by atoms with Crippen LogP contribution in [0, 0.1) is 5.92 Å². The van der Waals surface area contributed by atoms with Gasteiger partial charge in [-0.2, -0.15) is 0 Å². The first kappa shape index (κ1) is 18.4. The summed E-state index contributed by atoms with van der Waals surface area (Å²) in [5.41, 5.74) is 7.34. The Morgan fingerprint density at radius 2 is 1.73 bits per heavy atom. The molecule has 0 saturated heterocycles. The van der Waals surface area contributed by atoms with Crippen molar-refractivity contribution in [3.8, 4) is 0 Å². The minimum absolute atomic E-state index is 0.0635. The molecule has 3 nitrogen and oxygen atoms in total. The van der Waals surface area contributed by atoms with Gasteiger partial charge in [-0.3, -0.25) is 9.59 Å². The van der Waals surface area contributed by atoms with Crippen molar-refractivity contribution in [2.75, 3.05) is 0 Å². The third-order valence-corrected chi connectivity index (χ3v) is 4.12. The van der Waals surface area contributed by atoms with Crippen LogP contribution in [-0.2, 0) is 11.2 Å². The van der Waals surface area contributed by atoms with E-state index in [4.69, 9.17) is 5.73 Å². The Morgan fingerprint density at radius 1 is 1.05 bits per heavy atom. The van der Waals surface area contributed by atoms with Crippen LogP contribution in [0.5, 0.6) is 0 Å². The summed E-state index contributed by atoms with van der Waals surface area (Å²) in [6.45, 7) is 4.04. The molecule has 0 aliphatic heterocycles. The summed E-state index contributed by atoms with van der Waals surface area (Å²) >= 11 is 0. The van der Waals surface area contributed by atoms with Gasteiger partial charge < -0.3 is 5.73 Å². The Kier molecular flexibility index (Phi) is 8.49. The summed E-state index contributed by atoms with van der Waals surface area (Å²) in [6.07, 6.45) is 7.66. The van der Waals surface area contributed by atoms with E-state index in [2.05, 4.69) is 19.1 Å². The van der Waals surface area contributed by atoms with Gasteiger partial charge in [-0.05, 0) is 31.2 Å². The molecule has 3 heteroatoms. The first-order valence-electron chi connectivity index (χ1n) is 8.46. The number of Topliss-reactive ketones (excluding diaryl/α,β-unsaturated/α-hetero) is 1. The van der Waals surface area contributed by atoms with Crippen LogP contribution in [0.15, 0.2) is 24.3 Å². The monoisotopic (exact) mass is 303 g/mol. The minimum Gasteiger partial charge on any atom is -0.369 e. The first-order valence-corrected chi connectivity index (χ1v) is 8.46. The van der Waals surface area contributed by atoms with E-state index >= 15 is 0 Å². The van der Waals surface area contributed by atoms with Gasteiger partial charge in [0.2, 0.25) is 5.91 Å². The number of benzene rings is 1. The first-order chi connectivity index (χ1) is 10.5. The standard InChI is InChI=1S/C19H29NO2/c1-3-4-9-16-11-13-17(14-12-16)18(21)10-7-5-6-8-15(2)19(20)22/h11-15H,3-10H2,1-2H3,(H2,20,22)/t15-/m0/s1. The Labute approximate surface area is 134 Å². The van der Waals surface area contributed by atoms with Gasteiger partial charge in [-0.1, -0.05) is 57.4 Å². The van der Waals surface area contributed by atoms with Gasteiger partial charge in [-0.25, -0.2) is 0 Å². The molecule has 1 aromatic carbocycles. The molecule has 1 aromatic rings. The molecule has 0 heterocycles. The summed E-state index contributed by atoms with van der Waals surface area (Å²) < 4.78 is 0. The lowest BCUT2D eigenvalue weighted by atomic mass is 9.99. The van der Waals surface area contributed by atoms with Crippen molar-refractivity contribution in [3.63, 3.8) is 0 Å². The van der Waals surface area contributed by atoms with E-state index in [1.165, 1.54) is 18.4 Å². The van der Waals surface area contributed by atoms with E-state index in [1.54, 1.807) is 0 Å². The molecular formula is C19H29NO2. The molecule has 0 aromatic heterocycles. The van der Waals surface area contributed by atoms with Crippen LogP contribution in [0.2, 0.25) is 0 Å². The van der Waals surface area contributed by atoms with Crippen LogP contribution in [-0.4, -0.2) is 11.7 Å². The predicted molar refractivity (Wildman–Crippen MR) is 90.8 cm³/mol. The van der Waals surface area contributed by atoms with Crippen LogP contribution in [0.25, 0.3) is 0 Å². The van der Waals surface area contributed by atoms with Crippen molar-refractivity contribution in [1.82, 2.24) is 0 Å². The highest BCUT2D eigenvalue weighted by Crippen LogP contribution is 2.14. The molecule has 0 spiro atoms. The topological polar surface area (TPSA) is 60.2 Å². The van der Waals surface area contributed by atoms with Crippen LogP contribution >= 0.6 is 0 Å². The quantitative estimate of drug-likeness (QED) is 0.490. The highest BCUT2D eigenvalue weighted by atomic mass is 16.1. The summed E-state index contributed by atoms with van der Waals surface area (Å²) in [7, 11) is 0. The third kappa shape index (κ3) is 6.88. The molecule has 0 fully saturated rings. The van der Waals surface area contributed by atoms with Gasteiger partial charge >= 0.3 is 0 Å². The molecule has 0 aliphatic rings. The van der Waals surface area contributed by atoms with Gasteiger partial charge in [0.25, 0.3) is 0 Å². The number of hydrogen-bond donors (Lipinski definition) is 1. The molecule has 2 N–H and O–H groups in total. The largest absolute Gasteiger partial charge is 0.369 e. The number of ketones is 1. The zero-order valence-corrected chi connectivity index (χ0v) is 13.9. The Hall–Kier alpha value is -1.64. The number of rotatable bonds is 11. The molecule has 0 unspecified atom stereocenters. The normalized spacial score (nSPS) is 12.1. The summed E-state index contributed by atoms with van der Waals surface area (Å²) in [4.78, 5) is 23.0. The van der Waals surface area contributed by atoms with Gasteiger partial charge in [-0.15, -0.1) is 0 Å². The SMILES string of the molecule is CCCCc1ccc(C(=O)CCCCC[C@H](C)C(N)=O)cc1. The molecule has 1 amide bonds. The Bertz CT molecular complexity index is 465. The fraction of sp³-hybridized carbons (Fsp3) is 0.579. The van der Waals surface area contributed by atoms with Gasteiger partial charge in [0.1, 0.15) is 0 Å². The lowest BCUT2D eigenvalue weighted by molar-refractivity contribution is -0.121. The lowest BCUT2D eigenvalue weighted by Gasteiger charge is -2.06. The Balaban J connectivity index is 2.26. The van der Waals surface area contributed by atoms with Crippen molar-refractivity contribution in [3.05, 3.63) is 35.4 Å². The number of carbonyl (C=O) groups excluding carboxylic acids is 2. The minimum atomic E-state index is -0.237. The van der Waals surface area contributed by atoms with Gasteiger partial charge in [0, 0.05) is 17.9 Å². The fourth-order valence-corrected chi connectivity index (χ4v) is 2.44. The Morgan fingerprint density at radius 3 is 2.32 bits per heavy atom. The maximum Gasteiger partial charge on any atom is 0.220 e. The highest BCUT2D eigenvalue weighted by Gasteiger charge is 2.09. The second-order valence-electron chi connectivity index (χ2n) is 6.13. The molecule has 0 aliphatic carbocycles. The average Bonchev–Trinajstić information content (AvgIpc) is 2.52. The maximum absolute atomic E-state index is 12.1. The van der Waals surface area contributed by atoms with E-state index < -0.39 is 0 Å². The van der Waals surface area contributed by atoms with E-state index in [9.17, 15) is 9.59 Å². The molecule has 1 atom stereocenters. The average molecular weight is 303 g/mol. The van der Waals surface area contributed by atoms with Crippen LogP contribution in [0.1, 0.15) is 74.7 Å². The fourth-order valence-electron chi connectivity index (χ4n) is 2.44. The van der Waals surface area contributed by atoms with Crippen molar-refractivity contribution < 1.29 is 9.59 Å². The highest BCUT2D eigenvalue weighted by molar-refractivity contribution is 5.96. The molecule has 22 heavy (non-hydrogen) atoms. The zero-order chi connectivity index (χ0) is 16.4. The van der Waals surface area contributed by atoms with Crippen LogP contribution in [0.3, 0.4) is 0 Å². The zero-order valence-electron chi connectivity index (χ0n) is 13.9. The number of nitrogens with two attached hydrogens (primary N) is 1. The van der Waals surface area contributed by atoms with Gasteiger partial charge in [0.15, 0.2) is 5.78 Å². The molecule has 122 valence electrons. The van der Waals surface area contributed by atoms with E-state index in [0.717, 1.165) is 37.7 Å². The van der Waals surface area contributed by atoms with E-state index in [-0.39, 0.29) is 17.6 Å². The van der Waals surface area contributed by atoms with Gasteiger partial charge in [0.05, 0.1) is 0 Å². The second-order valence-corrected chi connectivity index (χ2v) is 6.13. The van der Waals surface area contributed by atoms with Crippen LogP contribution in [0.4, 0.5) is 0 Å². The number of aryl methyl sites for hydroxylation is 1. The second kappa shape index (κ2) is 10.1. The number of primary amides is 1. The molecule has 0 bridgehead atoms.